The second-order valence-electron chi connectivity index (χ2n) is 3.87. The van der Waals surface area contributed by atoms with Gasteiger partial charge >= 0.3 is 0 Å². The van der Waals surface area contributed by atoms with Gasteiger partial charge in [0.1, 0.15) is 5.82 Å². The molecule has 0 saturated carbocycles. The van der Waals surface area contributed by atoms with E-state index in [0.717, 1.165) is 26.5 Å². The number of rotatable bonds is 1. The minimum absolute atomic E-state index is 0.217. The third-order valence-electron chi connectivity index (χ3n) is 2.81. The minimum atomic E-state index is -0.217. The lowest BCUT2D eigenvalue weighted by molar-refractivity contribution is 0.630. The Bertz CT molecular complexity index is 688. The maximum atomic E-state index is 13.3. The summed E-state index contributed by atoms with van der Waals surface area (Å²) in [4.78, 5) is 3.15. The van der Waals surface area contributed by atoms with E-state index in [4.69, 9.17) is 0 Å². The van der Waals surface area contributed by atoms with Crippen LogP contribution in [0, 0.1) is 5.82 Å². The van der Waals surface area contributed by atoms with E-state index in [2.05, 4.69) is 20.9 Å². The van der Waals surface area contributed by atoms with Gasteiger partial charge in [-0.3, -0.25) is 0 Å². The van der Waals surface area contributed by atoms with Gasteiger partial charge in [-0.05, 0) is 29.8 Å². The van der Waals surface area contributed by atoms with Gasteiger partial charge in [0.2, 0.25) is 0 Å². The van der Waals surface area contributed by atoms with Gasteiger partial charge in [-0.1, -0.05) is 34.1 Å². The molecule has 0 amide bonds. The number of aromatic nitrogens is 1. The molecule has 0 saturated heterocycles. The highest BCUT2D eigenvalue weighted by Crippen LogP contribution is 2.33. The zero-order chi connectivity index (χ0) is 11.8. The molecule has 0 aliphatic carbocycles. The zero-order valence-corrected chi connectivity index (χ0v) is 10.5. The van der Waals surface area contributed by atoms with Crippen LogP contribution in [0.5, 0.6) is 0 Å². The number of halogens is 2. The van der Waals surface area contributed by atoms with Crippen LogP contribution < -0.4 is 0 Å². The van der Waals surface area contributed by atoms with Gasteiger partial charge in [0.25, 0.3) is 0 Å². The van der Waals surface area contributed by atoms with E-state index in [1.165, 1.54) is 6.07 Å². The zero-order valence-electron chi connectivity index (χ0n) is 8.87. The molecule has 0 aliphatic rings. The smallest absolute Gasteiger partial charge is 0.123 e. The molecule has 1 aromatic heterocycles. The second-order valence-corrected chi connectivity index (χ2v) is 4.73. The molecule has 0 fully saturated rings. The van der Waals surface area contributed by atoms with Crippen LogP contribution in [0.25, 0.3) is 22.0 Å². The van der Waals surface area contributed by atoms with Crippen molar-refractivity contribution in [1.82, 2.24) is 4.98 Å². The van der Waals surface area contributed by atoms with Crippen molar-refractivity contribution >= 4 is 26.8 Å². The summed E-state index contributed by atoms with van der Waals surface area (Å²) in [6, 6.07) is 12.7. The molecule has 3 rings (SSSR count). The number of aromatic amines is 1. The minimum Gasteiger partial charge on any atom is -0.361 e. The van der Waals surface area contributed by atoms with Crippen LogP contribution >= 0.6 is 15.9 Å². The van der Waals surface area contributed by atoms with Crippen molar-refractivity contribution in [1.29, 1.82) is 0 Å². The summed E-state index contributed by atoms with van der Waals surface area (Å²) in [5.41, 5.74) is 3.01. The highest BCUT2D eigenvalue weighted by atomic mass is 79.9. The quantitative estimate of drug-likeness (QED) is 0.666. The highest BCUT2D eigenvalue weighted by Gasteiger charge is 2.09. The molecule has 1 N–H and O–H groups in total. The molecular formula is C14H9BrFN. The van der Waals surface area contributed by atoms with E-state index >= 15 is 0 Å². The molecule has 0 unspecified atom stereocenters. The summed E-state index contributed by atoms with van der Waals surface area (Å²) in [5, 5.41) is 0.900. The van der Waals surface area contributed by atoms with Gasteiger partial charge in [0.05, 0.1) is 0 Å². The average Bonchev–Trinajstić information content (AvgIpc) is 2.72. The maximum Gasteiger partial charge on any atom is 0.123 e. The van der Waals surface area contributed by atoms with Gasteiger partial charge in [-0.25, -0.2) is 4.39 Å². The van der Waals surface area contributed by atoms with Crippen LogP contribution in [0.4, 0.5) is 4.39 Å². The van der Waals surface area contributed by atoms with Crippen molar-refractivity contribution in [3.8, 4) is 11.1 Å². The van der Waals surface area contributed by atoms with Gasteiger partial charge in [0, 0.05) is 27.1 Å². The molecular weight excluding hydrogens is 281 g/mol. The van der Waals surface area contributed by atoms with Crippen LogP contribution in [-0.4, -0.2) is 4.98 Å². The Morgan fingerprint density at radius 3 is 2.65 bits per heavy atom. The lowest BCUT2D eigenvalue weighted by Crippen LogP contribution is -1.78. The van der Waals surface area contributed by atoms with E-state index in [0.29, 0.717) is 0 Å². The lowest BCUT2D eigenvalue weighted by atomic mass is 10.1. The first-order valence-corrected chi connectivity index (χ1v) is 6.06. The largest absolute Gasteiger partial charge is 0.361 e. The molecule has 84 valence electrons. The fraction of sp³-hybridized carbons (Fsp3) is 0. The second kappa shape index (κ2) is 4.00. The number of benzene rings is 2. The predicted octanol–water partition coefficient (Wildman–Crippen LogP) is 4.74. The summed E-state index contributed by atoms with van der Waals surface area (Å²) >= 11 is 3.51. The molecule has 0 aliphatic heterocycles. The SMILES string of the molecule is Fc1ccc2[nH]cc(-c3ccccc3Br)c2c1. The normalized spacial score (nSPS) is 10.9. The van der Waals surface area contributed by atoms with Crippen molar-refractivity contribution in [2.75, 3.05) is 0 Å². The number of nitrogens with one attached hydrogen (secondary N) is 1. The van der Waals surface area contributed by atoms with Crippen LogP contribution in [0.15, 0.2) is 53.1 Å². The molecule has 0 spiro atoms. The molecule has 2 aromatic carbocycles. The lowest BCUT2D eigenvalue weighted by Gasteiger charge is -2.02. The standard InChI is InChI=1S/C14H9BrFN/c15-13-4-2-1-3-10(13)12-8-17-14-6-5-9(16)7-11(12)14/h1-8,17H. The summed E-state index contributed by atoms with van der Waals surface area (Å²) in [7, 11) is 0. The molecule has 3 aromatic rings. The summed E-state index contributed by atoms with van der Waals surface area (Å²) < 4.78 is 14.3. The monoisotopic (exact) mass is 289 g/mol. The number of H-pyrrole nitrogens is 1. The Labute approximate surface area is 106 Å². The fourth-order valence-corrected chi connectivity index (χ4v) is 2.49. The van der Waals surface area contributed by atoms with Crippen LogP contribution in [-0.2, 0) is 0 Å². The first-order valence-electron chi connectivity index (χ1n) is 5.27. The number of fused-ring (bicyclic) bond motifs is 1. The topological polar surface area (TPSA) is 15.8 Å². The molecule has 17 heavy (non-hydrogen) atoms. The van der Waals surface area contributed by atoms with Gasteiger partial charge < -0.3 is 4.98 Å². The Kier molecular flexibility index (Phi) is 2.48. The van der Waals surface area contributed by atoms with Crippen molar-refractivity contribution in [2.45, 2.75) is 0 Å². The average molecular weight is 290 g/mol. The molecule has 0 radical (unpaired) electrons. The van der Waals surface area contributed by atoms with Gasteiger partial charge in [-0.2, -0.15) is 0 Å². The Morgan fingerprint density at radius 1 is 1.00 bits per heavy atom. The van der Waals surface area contributed by atoms with Crippen LogP contribution in [0.1, 0.15) is 0 Å². The third kappa shape index (κ3) is 1.76. The molecule has 0 bridgehead atoms. The summed E-state index contributed by atoms with van der Waals surface area (Å²) in [5.74, 6) is -0.217. The van der Waals surface area contributed by atoms with Crippen molar-refractivity contribution in [2.24, 2.45) is 0 Å². The van der Waals surface area contributed by atoms with Crippen molar-refractivity contribution in [3.63, 3.8) is 0 Å². The number of hydrogen-bond acceptors (Lipinski definition) is 0. The first kappa shape index (κ1) is 10.5. The van der Waals surface area contributed by atoms with E-state index in [9.17, 15) is 4.39 Å². The van der Waals surface area contributed by atoms with E-state index in [1.807, 2.05) is 30.5 Å². The molecule has 1 nitrogen and oxygen atoms in total. The van der Waals surface area contributed by atoms with Gasteiger partial charge in [0.15, 0.2) is 0 Å². The number of hydrogen-bond donors (Lipinski definition) is 1. The first-order chi connectivity index (χ1) is 8.25. The third-order valence-corrected chi connectivity index (χ3v) is 3.50. The van der Waals surface area contributed by atoms with Crippen LogP contribution in [0.3, 0.4) is 0 Å². The van der Waals surface area contributed by atoms with E-state index in [1.54, 1.807) is 12.1 Å². The van der Waals surface area contributed by atoms with E-state index in [-0.39, 0.29) is 5.82 Å². The highest BCUT2D eigenvalue weighted by molar-refractivity contribution is 9.10. The Hall–Kier alpha value is -1.61. The Balaban J connectivity index is 2.31. The Morgan fingerprint density at radius 2 is 1.82 bits per heavy atom. The fourth-order valence-electron chi connectivity index (χ4n) is 2.00. The molecule has 1 heterocycles. The van der Waals surface area contributed by atoms with Crippen molar-refractivity contribution in [3.05, 3.63) is 59.0 Å². The molecule has 0 atom stereocenters. The summed E-state index contributed by atoms with van der Waals surface area (Å²) in [6.07, 6.45) is 1.91. The van der Waals surface area contributed by atoms with Crippen molar-refractivity contribution < 1.29 is 4.39 Å². The molecule has 3 heteroatoms. The van der Waals surface area contributed by atoms with Crippen LogP contribution in [0.2, 0.25) is 0 Å². The summed E-state index contributed by atoms with van der Waals surface area (Å²) in [6.45, 7) is 0. The van der Waals surface area contributed by atoms with Gasteiger partial charge in [-0.15, -0.1) is 0 Å². The predicted molar refractivity (Wildman–Crippen MR) is 71.4 cm³/mol. The maximum absolute atomic E-state index is 13.3. The van der Waals surface area contributed by atoms with E-state index < -0.39 is 0 Å².